The van der Waals surface area contributed by atoms with Gasteiger partial charge in [0.15, 0.2) is 6.10 Å². The first kappa shape index (κ1) is 24.7. The fraction of sp³-hybridized carbons (Fsp3) is 0.722. The minimum absolute atomic E-state index is 0.116. The van der Waals surface area contributed by atoms with Gasteiger partial charge < -0.3 is 25.0 Å². The molecule has 3 N–H and O–H groups in total. The van der Waals surface area contributed by atoms with E-state index < -0.39 is 49.7 Å². The van der Waals surface area contributed by atoms with Crippen LogP contribution in [-0.4, -0.2) is 65.1 Å². The van der Waals surface area contributed by atoms with E-state index in [0.717, 1.165) is 6.20 Å². The molecule has 3 heterocycles. The molecule has 2 fully saturated rings. The van der Waals surface area contributed by atoms with Gasteiger partial charge in [-0.1, -0.05) is 0 Å². The number of anilines is 1. The summed E-state index contributed by atoms with van der Waals surface area (Å²) in [6.45, 7) is 4.97. The lowest BCUT2D eigenvalue weighted by molar-refractivity contribution is -0.149. The minimum Gasteiger partial charge on any atom is -0.462 e. The molecule has 0 amide bonds. The quantitative estimate of drug-likeness (QED) is 0.317. The highest BCUT2D eigenvalue weighted by molar-refractivity contribution is 7.53. The van der Waals surface area contributed by atoms with Crippen LogP contribution in [0.25, 0.3) is 0 Å². The van der Waals surface area contributed by atoms with Crippen molar-refractivity contribution in [3.05, 3.63) is 22.7 Å². The number of carbonyl (C=O) groups excluding carboxylic acids is 1. The summed E-state index contributed by atoms with van der Waals surface area (Å²) >= 11 is 0. The molecule has 5 atom stereocenters. The normalized spacial score (nSPS) is 30.1. The fourth-order valence-corrected chi connectivity index (χ4v) is 5.19. The number of nitrogens with zero attached hydrogens (tertiary/aromatic N) is 2. The Morgan fingerprint density at radius 3 is 2.84 bits per heavy atom. The Kier molecular flexibility index (Phi) is 7.35. The van der Waals surface area contributed by atoms with Gasteiger partial charge in [-0.25, -0.2) is 4.79 Å². The van der Waals surface area contributed by atoms with Gasteiger partial charge >= 0.3 is 25.2 Å². The van der Waals surface area contributed by atoms with Crippen molar-refractivity contribution in [1.82, 2.24) is 14.9 Å². The lowest BCUT2D eigenvalue weighted by atomic mass is 10.1. The van der Waals surface area contributed by atoms with E-state index in [-0.39, 0.29) is 37.7 Å². The van der Waals surface area contributed by atoms with Crippen molar-refractivity contribution in [3.63, 3.8) is 0 Å². The summed E-state index contributed by atoms with van der Waals surface area (Å²) in [5, 5.41) is 2.91. The largest absolute Gasteiger partial charge is 0.462 e. The molecule has 14 heteroatoms. The molecule has 3 rings (SSSR count). The second kappa shape index (κ2) is 9.52. The average Bonchev–Trinajstić information content (AvgIpc) is 2.95. The van der Waals surface area contributed by atoms with Gasteiger partial charge in [0.25, 0.3) is 0 Å². The summed E-state index contributed by atoms with van der Waals surface area (Å²) in [5.74, 6) is -4.21. The molecule has 1 aromatic rings. The number of carbonyl (C=O) groups is 1. The van der Waals surface area contributed by atoms with Gasteiger partial charge in [-0.15, -0.1) is 0 Å². The predicted molar refractivity (Wildman–Crippen MR) is 108 cm³/mol. The molecule has 180 valence electrons. The van der Waals surface area contributed by atoms with Crippen LogP contribution in [0.2, 0.25) is 0 Å². The van der Waals surface area contributed by atoms with E-state index >= 15 is 8.78 Å². The predicted octanol–water partition coefficient (Wildman–Crippen LogP) is 1.29. The monoisotopic (exact) mass is 480 g/mol. The third kappa shape index (κ3) is 5.34. The van der Waals surface area contributed by atoms with E-state index in [1.165, 1.54) is 6.07 Å². The van der Waals surface area contributed by atoms with E-state index in [9.17, 15) is 14.2 Å². The second-order valence-corrected chi connectivity index (χ2v) is 10.1. The number of fused-ring (bicyclic) bond motifs is 1. The maximum absolute atomic E-state index is 15.0. The van der Waals surface area contributed by atoms with E-state index in [1.54, 1.807) is 20.8 Å². The SMILES string of the molecule is CC(C)OC(=O)[C@H](C)NCCCP1(=O)OC[C@H]2O[C@@H](n3ccc(N)nc3=O)C(F)(F)[C@@H]2O1. The number of nitrogens with one attached hydrogen (secondary N) is 1. The minimum atomic E-state index is -3.85. The topological polar surface area (TPSA) is 144 Å². The highest BCUT2D eigenvalue weighted by atomic mass is 31.2. The molecule has 0 radical (unpaired) electrons. The van der Waals surface area contributed by atoms with Gasteiger partial charge in [-0.2, -0.15) is 13.8 Å². The standard InChI is InChI=1S/C18H27F2N4O7P/c1-10(2)29-15(25)11(3)22-6-4-8-32(27)28-9-12-14(31-32)18(19,20)16(30-12)24-7-5-13(21)23-17(24)26/h5,7,10-12,14,16,22H,4,6,8-9H2,1-3H3,(H2,21,23,26)/t11-,12+,14+,16+,32?/m0/s1. The number of esters is 1. The zero-order valence-corrected chi connectivity index (χ0v) is 18.8. The molecule has 0 aliphatic carbocycles. The number of aromatic nitrogens is 2. The number of hydrogen-bond donors (Lipinski definition) is 2. The Hall–Kier alpha value is -1.92. The van der Waals surface area contributed by atoms with Gasteiger partial charge in [0, 0.05) is 6.20 Å². The number of hydrogen-bond acceptors (Lipinski definition) is 10. The molecule has 0 aromatic carbocycles. The lowest BCUT2D eigenvalue weighted by Gasteiger charge is -2.32. The number of alkyl halides is 2. The Balaban J connectivity index is 1.58. The molecule has 0 saturated carbocycles. The Morgan fingerprint density at radius 1 is 1.47 bits per heavy atom. The van der Waals surface area contributed by atoms with Crippen LogP contribution in [0.1, 0.15) is 33.4 Å². The summed E-state index contributed by atoms with van der Waals surface area (Å²) in [6.07, 6.45) is -4.17. The zero-order chi connectivity index (χ0) is 23.7. The van der Waals surface area contributed by atoms with Crippen LogP contribution >= 0.6 is 7.60 Å². The first-order valence-corrected chi connectivity index (χ1v) is 11.9. The smallest absolute Gasteiger partial charge is 0.351 e. The first-order chi connectivity index (χ1) is 14.9. The molecule has 2 aliphatic heterocycles. The molecular weight excluding hydrogens is 453 g/mol. The third-order valence-electron chi connectivity index (χ3n) is 4.93. The van der Waals surface area contributed by atoms with Crippen LogP contribution in [0.3, 0.4) is 0 Å². The van der Waals surface area contributed by atoms with Gasteiger partial charge in [0.2, 0.25) is 6.23 Å². The van der Waals surface area contributed by atoms with Crippen molar-refractivity contribution < 1.29 is 36.7 Å². The fourth-order valence-electron chi connectivity index (χ4n) is 3.35. The molecule has 11 nitrogen and oxygen atoms in total. The van der Waals surface area contributed by atoms with E-state index in [4.69, 9.17) is 24.3 Å². The van der Waals surface area contributed by atoms with Crippen LogP contribution in [-0.2, 0) is 27.9 Å². The lowest BCUT2D eigenvalue weighted by Crippen LogP contribution is -2.45. The number of nitrogen functional groups attached to an aromatic ring is 1. The summed E-state index contributed by atoms with van der Waals surface area (Å²) < 4.78 is 64.4. The number of rotatable bonds is 8. The van der Waals surface area contributed by atoms with Gasteiger partial charge in [0.1, 0.15) is 18.0 Å². The Morgan fingerprint density at radius 2 is 2.19 bits per heavy atom. The van der Waals surface area contributed by atoms with Crippen molar-refractivity contribution >= 4 is 19.4 Å². The molecular formula is C18H27F2N4O7P. The summed E-state index contributed by atoms with van der Waals surface area (Å²) in [7, 11) is -3.85. The van der Waals surface area contributed by atoms with Crippen LogP contribution in [0.15, 0.2) is 17.1 Å². The Labute approximate surface area is 183 Å². The summed E-state index contributed by atoms with van der Waals surface area (Å²) in [5.41, 5.74) is 4.39. The molecule has 1 unspecified atom stereocenters. The third-order valence-corrected chi connectivity index (χ3v) is 6.88. The summed E-state index contributed by atoms with van der Waals surface area (Å²) in [6, 6.07) is 0.604. The maximum atomic E-state index is 15.0. The van der Waals surface area contributed by atoms with E-state index in [0.29, 0.717) is 4.57 Å². The molecule has 0 spiro atoms. The number of halogens is 2. The van der Waals surface area contributed by atoms with Crippen LogP contribution < -0.4 is 16.7 Å². The second-order valence-electron chi connectivity index (χ2n) is 7.91. The average molecular weight is 480 g/mol. The molecule has 32 heavy (non-hydrogen) atoms. The van der Waals surface area contributed by atoms with Crippen LogP contribution in [0.5, 0.6) is 0 Å². The van der Waals surface area contributed by atoms with Crippen molar-refractivity contribution in [2.75, 3.05) is 25.0 Å². The maximum Gasteiger partial charge on any atom is 0.351 e. The molecule has 2 aliphatic rings. The number of nitrogens with two attached hydrogens (primary N) is 1. The van der Waals surface area contributed by atoms with E-state index in [2.05, 4.69) is 10.3 Å². The van der Waals surface area contributed by atoms with Crippen LogP contribution in [0.4, 0.5) is 14.6 Å². The highest BCUT2D eigenvalue weighted by Gasteiger charge is 2.64. The van der Waals surface area contributed by atoms with E-state index in [1.807, 2.05) is 0 Å². The highest BCUT2D eigenvalue weighted by Crippen LogP contribution is 2.59. The molecule has 1 aromatic heterocycles. The molecule has 0 bridgehead atoms. The zero-order valence-electron chi connectivity index (χ0n) is 17.9. The van der Waals surface area contributed by atoms with Crippen molar-refractivity contribution in [1.29, 1.82) is 0 Å². The van der Waals surface area contributed by atoms with Gasteiger partial charge in [-0.05, 0) is 39.8 Å². The van der Waals surface area contributed by atoms with Gasteiger partial charge in [0.05, 0.1) is 18.9 Å². The van der Waals surface area contributed by atoms with Crippen molar-refractivity contribution in [3.8, 4) is 0 Å². The van der Waals surface area contributed by atoms with Crippen LogP contribution in [0, 0.1) is 0 Å². The molecule has 2 saturated heterocycles. The van der Waals surface area contributed by atoms with Crippen molar-refractivity contribution in [2.24, 2.45) is 0 Å². The Bertz CT molecular complexity index is 944. The number of ether oxygens (including phenoxy) is 2. The van der Waals surface area contributed by atoms with Crippen molar-refractivity contribution in [2.45, 2.75) is 63.7 Å². The summed E-state index contributed by atoms with van der Waals surface area (Å²) in [4.78, 5) is 27.2. The van der Waals surface area contributed by atoms with Gasteiger partial charge in [-0.3, -0.25) is 18.5 Å². The first-order valence-electron chi connectivity index (χ1n) is 10.2.